The van der Waals surface area contributed by atoms with Crippen LogP contribution in [-0.4, -0.2) is 11.3 Å². The lowest BCUT2D eigenvalue weighted by molar-refractivity contribution is 0.104. The molecule has 2 nitrogen and oxygen atoms in total. The first-order valence-electron chi connectivity index (χ1n) is 5.19. The van der Waals surface area contributed by atoms with Crippen LogP contribution >= 0.6 is 0 Å². The Balaban J connectivity index is 0.00000144. The topological polar surface area (TPSA) is 48.6 Å². The van der Waals surface area contributed by atoms with E-state index in [4.69, 9.17) is 0 Å². The minimum atomic E-state index is 0. The van der Waals surface area contributed by atoms with E-state index in [9.17, 15) is 4.79 Å². The van der Waals surface area contributed by atoms with Crippen LogP contribution < -0.4 is 0 Å². The minimum absolute atomic E-state index is 0. The molecule has 17 heavy (non-hydrogen) atoms. The summed E-state index contributed by atoms with van der Waals surface area (Å²) in [6.07, 6.45) is 3.43. The number of carbonyl (C=O) groups is 1. The molecule has 0 saturated carbocycles. The number of carbonyl (C=O) groups excluding carboxylic acids is 1. The van der Waals surface area contributed by atoms with Gasteiger partial charge in [0.15, 0.2) is 5.78 Å². The third kappa shape index (κ3) is 3.70. The van der Waals surface area contributed by atoms with Gasteiger partial charge in [0.05, 0.1) is 0 Å². The van der Waals surface area contributed by atoms with Gasteiger partial charge >= 0.3 is 0 Å². The number of allylic oxidation sites excluding steroid dienone is 1. The van der Waals surface area contributed by atoms with Crippen LogP contribution in [0.4, 0.5) is 0 Å². The second-order valence-corrected chi connectivity index (χ2v) is 3.47. The van der Waals surface area contributed by atoms with Gasteiger partial charge in [-0.3, -0.25) is 4.79 Å². The lowest BCUT2D eigenvalue weighted by Crippen LogP contribution is -1.92. The lowest BCUT2D eigenvalue weighted by Gasteiger charge is -1.94. The molecule has 0 amide bonds. The molecule has 0 radical (unpaired) electrons. The van der Waals surface area contributed by atoms with Gasteiger partial charge in [-0.2, -0.15) is 0 Å². The summed E-state index contributed by atoms with van der Waals surface area (Å²) >= 11 is 0. The van der Waals surface area contributed by atoms with E-state index in [1.54, 1.807) is 6.08 Å². The molecule has 86 valence electrons. The first-order chi connectivity index (χ1) is 7.86. The summed E-state index contributed by atoms with van der Waals surface area (Å²) in [5.41, 5.74) is 1.75. The normalized spacial score (nSPS) is 9.88. The number of rotatable bonds is 3. The molecule has 0 spiro atoms. The van der Waals surface area contributed by atoms with Crippen molar-refractivity contribution in [2.75, 3.05) is 0 Å². The number of hydrogen-bond acceptors (Lipinski definition) is 1. The molecule has 0 fully saturated rings. The van der Waals surface area contributed by atoms with Crippen molar-refractivity contribution in [2.24, 2.45) is 0 Å². The number of ketones is 1. The Morgan fingerprint density at radius 3 is 1.94 bits per heavy atom. The third-order valence-electron chi connectivity index (χ3n) is 2.29. The van der Waals surface area contributed by atoms with Crippen LogP contribution in [0.25, 0.3) is 6.08 Å². The molecule has 0 bridgehead atoms. The number of hydrogen-bond donors (Lipinski definition) is 0. The second kappa shape index (κ2) is 6.40. The largest absolute Gasteiger partial charge is 0.412 e. The molecule has 2 aromatic carbocycles. The SMILES string of the molecule is O.O=C(/C=C/c1ccccc1)c1ccccc1. The summed E-state index contributed by atoms with van der Waals surface area (Å²) in [5, 5.41) is 0. The molecule has 0 aliphatic rings. The third-order valence-corrected chi connectivity index (χ3v) is 2.29. The summed E-state index contributed by atoms with van der Waals surface area (Å²) in [5.74, 6) is 0.0319. The highest BCUT2D eigenvalue weighted by Crippen LogP contribution is 2.05. The van der Waals surface area contributed by atoms with Crippen LogP contribution in [0.5, 0.6) is 0 Å². The zero-order valence-electron chi connectivity index (χ0n) is 9.34. The highest BCUT2D eigenvalue weighted by atomic mass is 16.1. The molecule has 0 aliphatic carbocycles. The molecule has 0 aromatic heterocycles. The molecule has 2 aromatic rings. The molecule has 0 unspecified atom stereocenters. The number of benzene rings is 2. The van der Waals surface area contributed by atoms with E-state index in [-0.39, 0.29) is 11.3 Å². The quantitative estimate of drug-likeness (QED) is 0.586. The molecule has 0 heterocycles. The van der Waals surface area contributed by atoms with E-state index < -0.39 is 0 Å². The highest BCUT2D eigenvalue weighted by Gasteiger charge is 1.98. The Kier molecular flexibility index (Phi) is 4.85. The fraction of sp³-hybridized carbons (Fsp3) is 0. The fourth-order valence-corrected chi connectivity index (χ4v) is 1.43. The van der Waals surface area contributed by atoms with Crippen molar-refractivity contribution >= 4 is 11.9 Å². The highest BCUT2D eigenvalue weighted by molar-refractivity contribution is 6.06. The maximum Gasteiger partial charge on any atom is 0.185 e. The van der Waals surface area contributed by atoms with Gasteiger partial charge in [-0.05, 0) is 11.6 Å². The van der Waals surface area contributed by atoms with Gasteiger partial charge in [0.1, 0.15) is 0 Å². The summed E-state index contributed by atoms with van der Waals surface area (Å²) in [4.78, 5) is 11.7. The van der Waals surface area contributed by atoms with Gasteiger partial charge < -0.3 is 5.48 Å². The van der Waals surface area contributed by atoms with Crippen molar-refractivity contribution in [1.82, 2.24) is 0 Å². The van der Waals surface area contributed by atoms with Crippen molar-refractivity contribution in [3.05, 3.63) is 77.9 Å². The standard InChI is InChI=1S/C15H12O.H2O/c16-15(14-9-5-2-6-10-14)12-11-13-7-3-1-4-8-13;/h1-12H;1H2/b12-11+;. The van der Waals surface area contributed by atoms with Crippen LogP contribution in [0.2, 0.25) is 0 Å². The first-order valence-corrected chi connectivity index (χ1v) is 5.19. The summed E-state index contributed by atoms with van der Waals surface area (Å²) < 4.78 is 0. The molecule has 0 atom stereocenters. The van der Waals surface area contributed by atoms with Crippen LogP contribution in [0.1, 0.15) is 15.9 Å². The van der Waals surface area contributed by atoms with Gasteiger partial charge in [0, 0.05) is 5.56 Å². The van der Waals surface area contributed by atoms with Crippen LogP contribution in [-0.2, 0) is 0 Å². The molecule has 2 rings (SSSR count). The predicted molar refractivity (Wildman–Crippen MR) is 69.9 cm³/mol. The Hall–Kier alpha value is -2.19. The van der Waals surface area contributed by atoms with E-state index >= 15 is 0 Å². The van der Waals surface area contributed by atoms with Crippen LogP contribution in [0.15, 0.2) is 66.7 Å². The molecule has 2 N–H and O–H groups in total. The molecular formula is C15H14O2. The van der Waals surface area contributed by atoms with Gasteiger partial charge in [-0.1, -0.05) is 66.7 Å². The van der Waals surface area contributed by atoms with Crippen molar-refractivity contribution in [3.8, 4) is 0 Å². The lowest BCUT2D eigenvalue weighted by atomic mass is 10.1. The van der Waals surface area contributed by atoms with E-state index in [0.717, 1.165) is 11.1 Å². The van der Waals surface area contributed by atoms with Gasteiger partial charge in [0.25, 0.3) is 0 Å². The van der Waals surface area contributed by atoms with Gasteiger partial charge in [-0.25, -0.2) is 0 Å². The van der Waals surface area contributed by atoms with Crippen molar-refractivity contribution in [1.29, 1.82) is 0 Å². The predicted octanol–water partition coefficient (Wildman–Crippen LogP) is 2.76. The first kappa shape index (κ1) is 12.9. The van der Waals surface area contributed by atoms with E-state index in [1.807, 2.05) is 66.7 Å². The van der Waals surface area contributed by atoms with E-state index in [2.05, 4.69) is 0 Å². The average molecular weight is 226 g/mol. The Morgan fingerprint density at radius 1 is 0.824 bits per heavy atom. The average Bonchev–Trinajstić information content (AvgIpc) is 2.38. The molecule has 2 heteroatoms. The van der Waals surface area contributed by atoms with Crippen molar-refractivity contribution in [2.45, 2.75) is 0 Å². The summed E-state index contributed by atoms with van der Waals surface area (Å²) in [7, 11) is 0. The minimum Gasteiger partial charge on any atom is -0.412 e. The summed E-state index contributed by atoms with van der Waals surface area (Å²) in [6, 6.07) is 19.1. The smallest absolute Gasteiger partial charge is 0.185 e. The zero-order valence-corrected chi connectivity index (χ0v) is 9.34. The van der Waals surface area contributed by atoms with Gasteiger partial charge in [0.2, 0.25) is 0 Å². The van der Waals surface area contributed by atoms with Crippen molar-refractivity contribution in [3.63, 3.8) is 0 Å². The Labute approximate surface area is 101 Å². The van der Waals surface area contributed by atoms with Crippen LogP contribution in [0, 0.1) is 0 Å². The Morgan fingerprint density at radius 2 is 1.35 bits per heavy atom. The fourth-order valence-electron chi connectivity index (χ4n) is 1.43. The maximum atomic E-state index is 11.7. The van der Waals surface area contributed by atoms with Crippen molar-refractivity contribution < 1.29 is 10.3 Å². The second-order valence-electron chi connectivity index (χ2n) is 3.47. The van der Waals surface area contributed by atoms with E-state index in [0.29, 0.717) is 0 Å². The molecule has 0 aliphatic heterocycles. The van der Waals surface area contributed by atoms with Gasteiger partial charge in [-0.15, -0.1) is 0 Å². The zero-order chi connectivity index (χ0) is 11.2. The monoisotopic (exact) mass is 226 g/mol. The molecular weight excluding hydrogens is 212 g/mol. The van der Waals surface area contributed by atoms with E-state index in [1.165, 1.54) is 0 Å². The maximum absolute atomic E-state index is 11.7. The molecule has 0 saturated heterocycles. The summed E-state index contributed by atoms with van der Waals surface area (Å²) in [6.45, 7) is 0. The van der Waals surface area contributed by atoms with Crippen LogP contribution in [0.3, 0.4) is 0 Å². The Bertz CT molecular complexity index is 487.